The van der Waals surface area contributed by atoms with E-state index in [0.29, 0.717) is 42.7 Å². The summed E-state index contributed by atoms with van der Waals surface area (Å²) in [5.74, 6) is 0.853. The van der Waals surface area contributed by atoms with E-state index in [1.165, 1.54) is 32.1 Å². The maximum atomic E-state index is 12.5. The molecule has 4 rings (SSSR count). The predicted molar refractivity (Wildman–Crippen MR) is 170 cm³/mol. The number of alkyl halides is 1. The third-order valence-electron chi connectivity index (χ3n) is 9.29. The number of alkyl carbamates (subject to hydrolysis) is 2. The first kappa shape index (κ1) is 35.6. The van der Waals surface area contributed by atoms with E-state index in [9.17, 15) is 18.8 Å². The van der Waals surface area contributed by atoms with Gasteiger partial charge in [-0.25, -0.2) is 18.8 Å². The molecule has 2 aliphatic heterocycles. The average molecular weight is 650 g/mol. The molecule has 0 unspecified atom stereocenters. The Morgan fingerprint density at radius 1 is 0.870 bits per heavy atom. The lowest BCUT2D eigenvalue weighted by Gasteiger charge is -2.33. The van der Waals surface area contributed by atoms with Gasteiger partial charge in [0.1, 0.15) is 42.6 Å². The summed E-state index contributed by atoms with van der Waals surface area (Å²) in [6.45, 7) is 2.12. The van der Waals surface area contributed by atoms with Crippen LogP contribution in [-0.4, -0.2) is 88.4 Å². The van der Waals surface area contributed by atoms with E-state index < -0.39 is 12.8 Å². The quantitative estimate of drug-likeness (QED) is 0.115. The summed E-state index contributed by atoms with van der Waals surface area (Å²) in [5, 5.41) is 5.78. The first-order valence-corrected chi connectivity index (χ1v) is 17.1. The Balaban J connectivity index is 0.983. The van der Waals surface area contributed by atoms with Crippen LogP contribution in [0.25, 0.3) is 0 Å². The minimum Gasteiger partial charge on any atom is -0.497 e. The predicted octanol–water partition coefficient (Wildman–Crippen LogP) is 6.23. The Labute approximate surface area is 272 Å². The Bertz CT molecular complexity index is 1120. The Hall–Kier alpha value is -3.28. The van der Waals surface area contributed by atoms with E-state index in [2.05, 4.69) is 15.5 Å². The minimum absolute atomic E-state index is 0.0360. The highest BCUT2D eigenvalue weighted by Crippen LogP contribution is 2.41. The number of methoxy groups -OCH3 is 2. The van der Waals surface area contributed by atoms with Crippen LogP contribution < -0.4 is 20.1 Å². The molecule has 1 aliphatic carbocycles. The van der Waals surface area contributed by atoms with Crippen LogP contribution in [0.4, 0.5) is 14.0 Å². The van der Waals surface area contributed by atoms with Crippen molar-refractivity contribution in [2.45, 2.75) is 114 Å². The van der Waals surface area contributed by atoms with Crippen LogP contribution in [0.2, 0.25) is 0 Å². The van der Waals surface area contributed by atoms with Gasteiger partial charge in [-0.05, 0) is 70.4 Å². The van der Waals surface area contributed by atoms with E-state index in [1.54, 1.807) is 20.3 Å². The highest BCUT2D eigenvalue weighted by atomic mass is 19.1. The molecule has 0 aromatic heterocycles. The number of hydrogen-bond acceptors (Lipinski definition) is 9. The molecule has 258 valence electrons. The number of esters is 1. The van der Waals surface area contributed by atoms with E-state index in [1.807, 2.05) is 6.07 Å². The normalized spacial score (nSPS) is 21.6. The van der Waals surface area contributed by atoms with Gasteiger partial charge in [0.25, 0.3) is 0 Å². The minimum atomic E-state index is -0.695. The molecule has 0 spiro atoms. The van der Waals surface area contributed by atoms with E-state index in [4.69, 9.17) is 23.7 Å². The van der Waals surface area contributed by atoms with E-state index >= 15 is 0 Å². The van der Waals surface area contributed by atoms with Crippen molar-refractivity contribution in [2.75, 3.05) is 47.1 Å². The lowest BCUT2D eigenvalue weighted by atomic mass is 9.93. The third kappa shape index (κ3) is 10.9. The number of nitrogens with zero attached hydrogens (tertiary/aromatic N) is 1. The molecule has 0 radical (unpaired) electrons. The SMILES string of the molecule is COc1cc(OC)c2c(c1)[C@@H](CCCCCCCCCN1CCC(NC(=O)OC3CCC(NC(=O)OCCF)CC3)CC1)OC2=O. The van der Waals surface area contributed by atoms with Crippen molar-refractivity contribution in [3.05, 3.63) is 23.3 Å². The van der Waals surface area contributed by atoms with Crippen LogP contribution in [0.15, 0.2) is 12.1 Å². The summed E-state index contributed by atoms with van der Waals surface area (Å²) in [6.07, 6.45) is 12.2. The van der Waals surface area contributed by atoms with Crippen LogP contribution in [0.3, 0.4) is 0 Å². The highest BCUT2D eigenvalue weighted by molar-refractivity contribution is 5.97. The summed E-state index contributed by atoms with van der Waals surface area (Å²) >= 11 is 0. The van der Waals surface area contributed by atoms with Crippen molar-refractivity contribution in [1.82, 2.24) is 15.5 Å². The Morgan fingerprint density at radius 3 is 2.20 bits per heavy atom. The van der Waals surface area contributed by atoms with Gasteiger partial charge in [0.15, 0.2) is 0 Å². The highest BCUT2D eigenvalue weighted by Gasteiger charge is 2.34. The number of ether oxygens (including phenoxy) is 5. The number of benzene rings is 1. The molecular weight excluding hydrogens is 597 g/mol. The van der Waals surface area contributed by atoms with Gasteiger partial charge in [-0.2, -0.15) is 0 Å². The molecule has 1 saturated carbocycles. The molecule has 0 bridgehead atoms. The molecule has 3 aliphatic rings. The van der Waals surface area contributed by atoms with Crippen molar-refractivity contribution >= 4 is 18.2 Å². The molecule has 11 nitrogen and oxygen atoms in total. The lowest BCUT2D eigenvalue weighted by molar-refractivity contribution is 0.0361. The number of rotatable bonds is 17. The maximum absolute atomic E-state index is 12.5. The van der Waals surface area contributed by atoms with E-state index in [-0.39, 0.29) is 43.0 Å². The Kier molecular flexibility index (Phi) is 14.5. The molecule has 1 saturated heterocycles. The fraction of sp³-hybridized carbons (Fsp3) is 0.735. The number of carbonyl (C=O) groups excluding carboxylic acids is 3. The average Bonchev–Trinajstić information content (AvgIpc) is 3.38. The van der Waals surface area contributed by atoms with Crippen molar-refractivity contribution in [3.63, 3.8) is 0 Å². The summed E-state index contributed by atoms with van der Waals surface area (Å²) in [6, 6.07) is 3.71. The number of carbonyl (C=O) groups is 3. The number of amides is 2. The number of likely N-dealkylation sites (tertiary alicyclic amines) is 1. The second-order valence-corrected chi connectivity index (χ2v) is 12.6. The van der Waals surface area contributed by atoms with Crippen LogP contribution in [0, 0.1) is 0 Å². The van der Waals surface area contributed by atoms with Crippen molar-refractivity contribution in [2.24, 2.45) is 0 Å². The van der Waals surface area contributed by atoms with Crippen LogP contribution >= 0.6 is 0 Å². The lowest BCUT2D eigenvalue weighted by Crippen LogP contribution is -2.46. The van der Waals surface area contributed by atoms with Gasteiger partial charge in [-0.1, -0.05) is 32.1 Å². The van der Waals surface area contributed by atoms with Crippen LogP contribution in [0.5, 0.6) is 11.5 Å². The number of hydrogen-bond donors (Lipinski definition) is 2. The number of nitrogens with one attached hydrogen (secondary N) is 2. The molecule has 1 aromatic rings. The summed E-state index contributed by atoms with van der Waals surface area (Å²) in [4.78, 5) is 38.9. The fourth-order valence-corrected chi connectivity index (χ4v) is 6.69. The van der Waals surface area contributed by atoms with Crippen molar-refractivity contribution < 1.29 is 42.5 Å². The maximum Gasteiger partial charge on any atom is 0.407 e. The zero-order chi connectivity index (χ0) is 32.7. The van der Waals surface area contributed by atoms with Crippen LogP contribution in [0.1, 0.15) is 112 Å². The van der Waals surface area contributed by atoms with Gasteiger partial charge < -0.3 is 39.2 Å². The third-order valence-corrected chi connectivity index (χ3v) is 9.29. The summed E-state index contributed by atoms with van der Waals surface area (Å²) in [7, 11) is 3.16. The van der Waals surface area contributed by atoms with Gasteiger partial charge in [0.05, 0.1) is 14.2 Å². The molecular formula is C34H52FN3O8. The first-order chi connectivity index (χ1) is 22.4. The van der Waals surface area contributed by atoms with Gasteiger partial charge >= 0.3 is 18.2 Å². The zero-order valence-corrected chi connectivity index (χ0v) is 27.5. The molecule has 46 heavy (non-hydrogen) atoms. The topological polar surface area (TPSA) is 125 Å². The molecule has 2 N–H and O–H groups in total. The number of cyclic esters (lactones) is 1. The smallest absolute Gasteiger partial charge is 0.407 e. The molecule has 2 amide bonds. The van der Waals surface area contributed by atoms with Gasteiger partial charge in [0, 0.05) is 36.8 Å². The van der Waals surface area contributed by atoms with Crippen molar-refractivity contribution in [1.29, 1.82) is 0 Å². The largest absolute Gasteiger partial charge is 0.497 e. The van der Waals surface area contributed by atoms with E-state index in [0.717, 1.165) is 57.3 Å². The second kappa shape index (κ2) is 18.8. The molecule has 1 aromatic carbocycles. The number of unbranched alkanes of at least 4 members (excludes halogenated alkanes) is 6. The molecule has 2 fully saturated rings. The second-order valence-electron chi connectivity index (χ2n) is 12.6. The molecule has 1 atom stereocenters. The fourth-order valence-electron chi connectivity index (χ4n) is 6.69. The molecule has 2 heterocycles. The van der Waals surface area contributed by atoms with Gasteiger partial charge in [0.2, 0.25) is 0 Å². The number of halogens is 1. The Morgan fingerprint density at radius 2 is 1.52 bits per heavy atom. The van der Waals surface area contributed by atoms with Gasteiger partial charge in [-0.3, -0.25) is 0 Å². The number of piperidine rings is 1. The zero-order valence-electron chi connectivity index (χ0n) is 27.5. The first-order valence-electron chi connectivity index (χ1n) is 17.1. The van der Waals surface area contributed by atoms with Crippen LogP contribution in [-0.2, 0) is 14.2 Å². The summed E-state index contributed by atoms with van der Waals surface area (Å²) in [5.41, 5.74) is 1.39. The number of fused-ring (bicyclic) bond motifs is 1. The standard InChI is InChI=1S/C34H52FN3O8/c1-42-27-22-28-29(46-32(39)31(28)30(23-27)43-2)10-8-6-4-3-5-7-9-18-38-19-15-25(16-20-38)37-34(41)45-26-13-11-24(12-14-26)36-33(40)44-21-17-35/h22-26,29H,3-21H2,1-2H3,(H,36,40)(H,37,41)/t24?,26?,29-/m1/s1. The monoisotopic (exact) mass is 649 g/mol. The van der Waals surface area contributed by atoms with Gasteiger partial charge in [-0.15, -0.1) is 0 Å². The van der Waals surface area contributed by atoms with Crippen molar-refractivity contribution in [3.8, 4) is 11.5 Å². The molecule has 12 heteroatoms. The summed E-state index contributed by atoms with van der Waals surface area (Å²) < 4.78 is 38.9.